The van der Waals surface area contributed by atoms with Crippen molar-refractivity contribution in [1.29, 1.82) is 0 Å². The number of nitrogens with zero attached hydrogens (tertiary/aromatic N) is 1. The molecule has 3 nitrogen and oxygen atoms in total. The second kappa shape index (κ2) is 5.17. The first kappa shape index (κ1) is 11.9. The predicted octanol–water partition coefficient (Wildman–Crippen LogP) is 1.76. The summed E-state index contributed by atoms with van der Waals surface area (Å²) in [7, 11) is 0. The maximum absolute atomic E-state index is 12.0. The highest BCUT2D eigenvalue weighted by molar-refractivity contribution is 5.77. The molecule has 3 heteroatoms. The molecule has 0 aromatic rings. The van der Waals surface area contributed by atoms with Gasteiger partial charge in [-0.15, -0.1) is 0 Å². The van der Waals surface area contributed by atoms with E-state index in [0.29, 0.717) is 12.3 Å². The average molecular weight is 224 g/mol. The summed E-state index contributed by atoms with van der Waals surface area (Å²) >= 11 is 0. The summed E-state index contributed by atoms with van der Waals surface area (Å²) < 4.78 is 0. The maximum atomic E-state index is 12.0. The minimum Gasteiger partial charge on any atom is -0.342 e. The van der Waals surface area contributed by atoms with E-state index in [1.54, 1.807) is 0 Å². The van der Waals surface area contributed by atoms with Gasteiger partial charge in [-0.05, 0) is 37.5 Å². The number of likely N-dealkylation sites (tertiary alicyclic amines) is 1. The number of carbonyl (C=O) groups is 1. The van der Waals surface area contributed by atoms with Gasteiger partial charge < -0.3 is 10.6 Å². The van der Waals surface area contributed by atoms with Gasteiger partial charge in [0.05, 0.1) is 0 Å². The molecule has 92 valence electrons. The highest BCUT2D eigenvalue weighted by atomic mass is 16.2. The van der Waals surface area contributed by atoms with Gasteiger partial charge in [-0.1, -0.05) is 13.3 Å². The van der Waals surface area contributed by atoms with Crippen LogP contribution in [0.1, 0.15) is 45.4 Å². The fourth-order valence-electron chi connectivity index (χ4n) is 2.65. The molecule has 1 amide bonds. The van der Waals surface area contributed by atoms with Crippen LogP contribution >= 0.6 is 0 Å². The summed E-state index contributed by atoms with van der Waals surface area (Å²) in [6.07, 6.45) is 6.68. The van der Waals surface area contributed by atoms with Gasteiger partial charge in [0.25, 0.3) is 0 Å². The Morgan fingerprint density at radius 1 is 1.44 bits per heavy atom. The van der Waals surface area contributed by atoms with Gasteiger partial charge in [-0.2, -0.15) is 0 Å². The quantitative estimate of drug-likeness (QED) is 0.791. The highest BCUT2D eigenvalue weighted by Gasteiger charge is 2.31. The summed E-state index contributed by atoms with van der Waals surface area (Å²) in [5, 5.41) is 0. The summed E-state index contributed by atoms with van der Waals surface area (Å²) in [5.74, 6) is 1.64. The number of piperidine rings is 1. The topological polar surface area (TPSA) is 46.3 Å². The van der Waals surface area contributed by atoms with Crippen molar-refractivity contribution in [2.24, 2.45) is 17.6 Å². The minimum atomic E-state index is 0.120. The SMILES string of the molecule is CCC1CCCN(C(=O)CC(N)C2CC2)C1. The van der Waals surface area contributed by atoms with Crippen LogP contribution in [0.25, 0.3) is 0 Å². The van der Waals surface area contributed by atoms with Gasteiger partial charge in [0.15, 0.2) is 0 Å². The summed E-state index contributed by atoms with van der Waals surface area (Å²) in [5.41, 5.74) is 6.01. The Morgan fingerprint density at radius 2 is 2.19 bits per heavy atom. The van der Waals surface area contributed by atoms with Crippen molar-refractivity contribution in [2.75, 3.05) is 13.1 Å². The fourth-order valence-corrected chi connectivity index (χ4v) is 2.65. The third-order valence-electron chi connectivity index (χ3n) is 4.09. The van der Waals surface area contributed by atoms with E-state index >= 15 is 0 Å². The largest absolute Gasteiger partial charge is 0.342 e. The summed E-state index contributed by atoms with van der Waals surface area (Å²) in [6, 6.07) is 0.120. The Hall–Kier alpha value is -0.570. The first-order valence-electron chi connectivity index (χ1n) is 6.74. The van der Waals surface area contributed by atoms with E-state index in [1.807, 2.05) is 4.90 Å². The fraction of sp³-hybridized carbons (Fsp3) is 0.923. The van der Waals surface area contributed by atoms with Crippen molar-refractivity contribution in [3.63, 3.8) is 0 Å². The molecule has 1 saturated heterocycles. The molecule has 2 fully saturated rings. The number of nitrogens with two attached hydrogens (primary N) is 1. The van der Waals surface area contributed by atoms with E-state index in [2.05, 4.69) is 6.92 Å². The zero-order valence-corrected chi connectivity index (χ0v) is 10.3. The highest BCUT2D eigenvalue weighted by Crippen LogP contribution is 2.33. The van der Waals surface area contributed by atoms with Crippen molar-refractivity contribution < 1.29 is 4.79 Å². The third kappa shape index (κ3) is 2.97. The van der Waals surface area contributed by atoms with Crippen LogP contribution in [0.5, 0.6) is 0 Å². The molecule has 0 radical (unpaired) electrons. The van der Waals surface area contributed by atoms with Gasteiger partial charge in [0, 0.05) is 25.6 Å². The van der Waals surface area contributed by atoms with Gasteiger partial charge >= 0.3 is 0 Å². The molecular formula is C13H24N2O. The number of carbonyl (C=O) groups excluding carboxylic acids is 1. The van der Waals surface area contributed by atoms with E-state index in [-0.39, 0.29) is 11.9 Å². The van der Waals surface area contributed by atoms with Crippen LogP contribution in [0.3, 0.4) is 0 Å². The van der Waals surface area contributed by atoms with Gasteiger partial charge in [-0.25, -0.2) is 0 Å². The standard InChI is InChI=1S/C13H24N2O/c1-2-10-4-3-7-15(9-10)13(16)8-12(14)11-5-6-11/h10-12H,2-9,14H2,1H3. The monoisotopic (exact) mass is 224 g/mol. The third-order valence-corrected chi connectivity index (χ3v) is 4.09. The van der Waals surface area contributed by atoms with Crippen LogP contribution in [-0.4, -0.2) is 29.9 Å². The Kier molecular flexibility index (Phi) is 3.85. The number of hydrogen-bond acceptors (Lipinski definition) is 2. The van der Waals surface area contributed by atoms with Crippen LogP contribution in [0, 0.1) is 11.8 Å². The van der Waals surface area contributed by atoms with Crippen molar-refractivity contribution in [2.45, 2.75) is 51.5 Å². The number of hydrogen-bond donors (Lipinski definition) is 1. The van der Waals surface area contributed by atoms with Gasteiger partial charge in [0.2, 0.25) is 5.91 Å². The Morgan fingerprint density at radius 3 is 2.81 bits per heavy atom. The van der Waals surface area contributed by atoms with Crippen molar-refractivity contribution in [3.8, 4) is 0 Å². The van der Waals surface area contributed by atoms with Crippen LogP contribution < -0.4 is 5.73 Å². The molecule has 2 rings (SSSR count). The number of amides is 1. The van der Waals surface area contributed by atoms with Crippen molar-refractivity contribution in [3.05, 3.63) is 0 Å². The van der Waals surface area contributed by atoms with Crippen molar-refractivity contribution in [1.82, 2.24) is 4.90 Å². The number of rotatable bonds is 4. The Balaban J connectivity index is 1.78. The molecule has 2 unspecified atom stereocenters. The molecule has 1 aliphatic carbocycles. The van der Waals surface area contributed by atoms with E-state index in [0.717, 1.165) is 19.0 Å². The molecule has 16 heavy (non-hydrogen) atoms. The molecule has 2 aliphatic rings. The molecule has 1 heterocycles. The maximum Gasteiger partial charge on any atom is 0.224 e. The van der Waals surface area contributed by atoms with E-state index in [9.17, 15) is 4.79 Å². The summed E-state index contributed by atoms with van der Waals surface area (Å²) in [4.78, 5) is 14.1. The zero-order valence-electron chi connectivity index (χ0n) is 10.3. The molecule has 2 atom stereocenters. The molecule has 0 spiro atoms. The Bertz CT molecular complexity index is 250. The average Bonchev–Trinajstić information content (AvgIpc) is 3.13. The smallest absolute Gasteiger partial charge is 0.224 e. The second-order valence-corrected chi connectivity index (χ2v) is 5.46. The Labute approximate surface area is 98.4 Å². The zero-order chi connectivity index (χ0) is 11.5. The molecule has 1 aliphatic heterocycles. The summed E-state index contributed by atoms with van der Waals surface area (Å²) in [6.45, 7) is 4.13. The predicted molar refractivity (Wildman–Crippen MR) is 64.9 cm³/mol. The van der Waals surface area contributed by atoms with Gasteiger partial charge in [0.1, 0.15) is 0 Å². The van der Waals surface area contributed by atoms with Crippen LogP contribution in [0.15, 0.2) is 0 Å². The lowest BCUT2D eigenvalue weighted by molar-refractivity contribution is -0.133. The van der Waals surface area contributed by atoms with Crippen LogP contribution in [-0.2, 0) is 4.79 Å². The van der Waals surface area contributed by atoms with Gasteiger partial charge in [-0.3, -0.25) is 4.79 Å². The first-order valence-corrected chi connectivity index (χ1v) is 6.74. The normalized spacial score (nSPS) is 27.9. The van der Waals surface area contributed by atoms with Crippen LogP contribution in [0.4, 0.5) is 0 Å². The van der Waals surface area contributed by atoms with Crippen LogP contribution in [0.2, 0.25) is 0 Å². The molecule has 0 aromatic carbocycles. The molecular weight excluding hydrogens is 200 g/mol. The lowest BCUT2D eigenvalue weighted by atomic mass is 9.95. The van der Waals surface area contributed by atoms with E-state index in [4.69, 9.17) is 5.73 Å². The molecule has 2 N–H and O–H groups in total. The molecule has 1 saturated carbocycles. The first-order chi connectivity index (χ1) is 7.70. The van der Waals surface area contributed by atoms with E-state index in [1.165, 1.54) is 32.1 Å². The lowest BCUT2D eigenvalue weighted by Gasteiger charge is -2.33. The van der Waals surface area contributed by atoms with E-state index < -0.39 is 0 Å². The minimum absolute atomic E-state index is 0.120. The van der Waals surface area contributed by atoms with Crippen molar-refractivity contribution >= 4 is 5.91 Å². The second-order valence-electron chi connectivity index (χ2n) is 5.46. The molecule has 0 bridgehead atoms. The lowest BCUT2D eigenvalue weighted by Crippen LogP contribution is -2.42. The molecule has 0 aromatic heterocycles.